The first-order valence-electron chi connectivity index (χ1n) is 4.97. The molecule has 0 spiro atoms. The van der Waals surface area contributed by atoms with Gasteiger partial charge in [-0.15, -0.1) is 0 Å². The van der Waals surface area contributed by atoms with Crippen LogP contribution in [0.15, 0.2) is 35.1 Å². The molecular weight excluding hydrogens is 240 g/mol. The van der Waals surface area contributed by atoms with E-state index in [0.717, 1.165) is 0 Å². The Balaban J connectivity index is 2.27. The Bertz CT molecular complexity index is 510. The molecule has 0 aliphatic carbocycles. The minimum Gasteiger partial charge on any atom is -0.383 e. The SMILES string of the molecule is CN(C)/C=C1\C=NN(c2cccc(Cl)n2)C1=O. The van der Waals surface area contributed by atoms with Crippen molar-refractivity contribution in [3.05, 3.63) is 35.1 Å². The van der Waals surface area contributed by atoms with Gasteiger partial charge in [0.05, 0.1) is 11.8 Å². The van der Waals surface area contributed by atoms with Crippen molar-refractivity contribution < 1.29 is 4.79 Å². The molecule has 88 valence electrons. The Morgan fingerprint density at radius 1 is 1.41 bits per heavy atom. The van der Waals surface area contributed by atoms with Gasteiger partial charge in [-0.3, -0.25) is 4.79 Å². The number of hydrogen-bond acceptors (Lipinski definition) is 4. The van der Waals surface area contributed by atoms with Crippen molar-refractivity contribution in [2.75, 3.05) is 19.1 Å². The van der Waals surface area contributed by atoms with Crippen LogP contribution in [0.25, 0.3) is 0 Å². The first-order chi connectivity index (χ1) is 8.08. The molecule has 6 heteroatoms. The van der Waals surface area contributed by atoms with Gasteiger partial charge in [0, 0.05) is 20.3 Å². The average molecular weight is 251 g/mol. The number of rotatable bonds is 2. The van der Waals surface area contributed by atoms with Crippen molar-refractivity contribution in [3.63, 3.8) is 0 Å². The molecule has 1 amide bonds. The lowest BCUT2D eigenvalue weighted by Crippen LogP contribution is -2.23. The van der Waals surface area contributed by atoms with Crippen molar-refractivity contribution in [1.29, 1.82) is 0 Å². The van der Waals surface area contributed by atoms with Crippen molar-refractivity contribution in [3.8, 4) is 0 Å². The zero-order valence-electron chi connectivity index (χ0n) is 9.46. The maximum atomic E-state index is 12.0. The van der Waals surface area contributed by atoms with E-state index in [4.69, 9.17) is 11.6 Å². The summed E-state index contributed by atoms with van der Waals surface area (Å²) < 4.78 is 0. The van der Waals surface area contributed by atoms with Gasteiger partial charge < -0.3 is 4.90 Å². The minimum absolute atomic E-state index is 0.214. The molecule has 0 atom stereocenters. The number of hydrogen-bond donors (Lipinski definition) is 0. The van der Waals surface area contributed by atoms with Gasteiger partial charge >= 0.3 is 0 Å². The van der Waals surface area contributed by atoms with Crippen LogP contribution in [0.5, 0.6) is 0 Å². The first-order valence-corrected chi connectivity index (χ1v) is 5.35. The van der Waals surface area contributed by atoms with Gasteiger partial charge in [-0.25, -0.2) is 4.98 Å². The van der Waals surface area contributed by atoms with Crippen LogP contribution in [0.2, 0.25) is 5.15 Å². The summed E-state index contributed by atoms with van der Waals surface area (Å²) in [5, 5.41) is 5.56. The first kappa shape index (κ1) is 11.6. The van der Waals surface area contributed by atoms with Crippen molar-refractivity contribution in [2.24, 2.45) is 5.10 Å². The fourth-order valence-electron chi connectivity index (χ4n) is 1.40. The number of pyridine rings is 1. The molecule has 1 aromatic heterocycles. The number of carbonyl (C=O) groups is 1. The molecule has 17 heavy (non-hydrogen) atoms. The number of hydrazone groups is 1. The zero-order valence-corrected chi connectivity index (χ0v) is 10.2. The zero-order chi connectivity index (χ0) is 12.4. The fraction of sp³-hybridized carbons (Fsp3) is 0.182. The van der Waals surface area contributed by atoms with Gasteiger partial charge in [0.2, 0.25) is 0 Å². The fourth-order valence-corrected chi connectivity index (χ4v) is 1.55. The number of carbonyl (C=O) groups excluding carboxylic acids is 1. The highest BCUT2D eigenvalue weighted by atomic mass is 35.5. The third-order valence-electron chi connectivity index (χ3n) is 2.07. The maximum Gasteiger partial charge on any atom is 0.283 e. The minimum atomic E-state index is -0.214. The third kappa shape index (κ3) is 2.45. The summed E-state index contributed by atoms with van der Waals surface area (Å²) in [6.07, 6.45) is 3.21. The van der Waals surface area contributed by atoms with Crippen LogP contribution in [0, 0.1) is 0 Å². The molecule has 1 aliphatic rings. The molecule has 2 heterocycles. The molecule has 0 bridgehead atoms. The topological polar surface area (TPSA) is 48.8 Å². The van der Waals surface area contributed by atoms with E-state index in [1.54, 1.807) is 29.3 Å². The monoisotopic (exact) mass is 250 g/mol. The maximum absolute atomic E-state index is 12.0. The number of nitrogens with zero attached hydrogens (tertiary/aromatic N) is 4. The van der Waals surface area contributed by atoms with Gasteiger partial charge in [-0.1, -0.05) is 17.7 Å². The molecule has 0 saturated heterocycles. The van der Waals surface area contributed by atoms with Gasteiger partial charge in [0.25, 0.3) is 5.91 Å². The molecule has 0 N–H and O–H groups in total. The summed E-state index contributed by atoms with van der Waals surface area (Å²) in [6.45, 7) is 0. The van der Waals surface area contributed by atoms with E-state index in [0.29, 0.717) is 16.5 Å². The van der Waals surface area contributed by atoms with Gasteiger partial charge in [0.1, 0.15) is 5.15 Å². The van der Waals surface area contributed by atoms with Crippen molar-refractivity contribution in [1.82, 2.24) is 9.88 Å². The molecule has 0 fully saturated rings. The predicted molar refractivity (Wildman–Crippen MR) is 67.0 cm³/mol. The van der Waals surface area contributed by atoms with Crippen molar-refractivity contribution >= 4 is 29.5 Å². The van der Waals surface area contributed by atoms with E-state index in [1.165, 1.54) is 11.2 Å². The van der Waals surface area contributed by atoms with E-state index in [1.807, 2.05) is 14.1 Å². The number of amides is 1. The number of halogens is 1. The Morgan fingerprint density at radius 3 is 2.82 bits per heavy atom. The second-order valence-corrected chi connectivity index (χ2v) is 4.12. The summed E-state index contributed by atoms with van der Waals surface area (Å²) in [5.41, 5.74) is 0.511. The number of anilines is 1. The normalized spacial score (nSPS) is 17.0. The number of aromatic nitrogens is 1. The second kappa shape index (κ2) is 4.55. The largest absolute Gasteiger partial charge is 0.383 e. The average Bonchev–Trinajstić information content (AvgIpc) is 2.60. The standard InChI is InChI=1S/C11H11ClN4O/c1-15(2)7-8-6-13-16(11(8)17)10-5-3-4-9(12)14-10/h3-7H,1-2H3/b8-7+. The lowest BCUT2D eigenvalue weighted by molar-refractivity contribution is -0.114. The van der Waals surface area contributed by atoms with Crippen LogP contribution >= 0.6 is 11.6 Å². The van der Waals surface area contributed by atoms with Crippen LogP contribution in [0.4, 0.5) is 5.82 Å². The summed E-state index contributed by atoms with van der Waals surface area (Å²) in [6, 6.07) is 5.05. The predicted octanol–water partition coefficient (Wildman–Crippen LogP) is 1.51. The lowest BCUT2D eigenvalue weighted by Gasteiger charge is -2.11. The summed E-state index contributed by atoms with van der Waals surface area (Å²) in [5.74, 6) is 0.203. The highest BCUT2D eigenvalue weighted by Gasteiger charge is 2.25. The van der Waals surface area contributed by atoms with Crippen LogP contribution in [0.3, 0.4) is 0 Å². The lowest BCUT2D eigenvalue weighted by atomic mass is 10.3. The molecule has 1 aliphatic heterocycles. The van der Waals surface area contributed by atoms with E-state index in [9.17, 15) is 4.79 Å². The summed E-state index contributed by atoms with van der Waals surface area (Å²) in [4.78, 5) is 17.8. The molecule has 5 nitrogen and oxygen atoms in total. The molecule has 0 aromatic carbocycles. The van der Waals surface area contributed by atoms with Gasteiger partial charge in [0.15, 0.2) is 5.82 Å². The Morgan fingerprint density at radius 2 is 2.18 bits per heavy atom. The quantitative estimate of drug-likeness (QED) is 0.591. The Labute approximate surface area is 104 Å². The molecule has 1 aromatic rings. The Hall–Kier alpha value is -1.88. The van der Waals surface area contributed by atoms with Gasteiger partial charge in [-0.05, 0) is 12.1 Å². The van der Waals surface area contributed by atoms with E-state index < -0.39 is 0 Å². The molecular formula is C11H11ClN4O. The van der Waals surface area contributed by atoms with Crippen LogP contribution in [0.1, 0.15) is 0 Å². The highest BCUT2D eigenvalue weighted by Crippen LogP contribution is 2.20. The van der Waals surface area contributed by atoms with E-state index >= 15 is 0 Å². The van der Waals surface area contributed by atoms with E-state index in [-0.39, 0.29) is 5.91 Å². The van der Waals surface area contributed by atoms with E-state index in [2.05, 4.69) is 10.1 Å². The van der Waals surface area contributed by atoms with Crippen molar-refractivity contribution in [2.45, 2.75) is 0 Å². The highest BCUT2D eigenvalue weighted by molar-refractivity contribution is 6.29. The van der Waals surface area contributed by atoms with Crippen LogP contribution < -0.4 is 5.01 Å². The molecule has 0 unspecified atom stereocenters. The summed E-state index contributed by atoms with van der Waals surface area (Å²) in [7, 11) is 3.68. The molecule has 0 saturated carbocycles. The third-order valence-corrected chi connectivity index (χ3v) is 2.28. The van der Waals surface area contributed by atoms with Crippen LogP contribution in [-0.4, -0.2) is 36.1 Å². The Kier molecular flexibility index (Phi) is 3.10. The molecule has 0 radical (unpaired) electrons. The summed E-state index contributed by atoms with van der Waals surface area (Å²) >= 11 is 5.77. The van der Waals surface area contributed by atoms with Gasteiger partial charge in [-0.2, -0.15) is 10.1 Å². The second-order valence-electron chi connectivity index (χ2n) is 3.73. The molecule has 2 rings (SSSR count). The van der Waals surface area contributed by atoms with Crippen LogP contribution in [-0.2, 0) is 4.79 Å². The smallest absolute Gasteiger partial charge is 0.283 e.